The molecule has 2 amide bonds. The van der Waals surface area contributed by atoms with E-state index in [1.807, 2.05) is 0 Å². The number of nitrogens with one attached hydrogen (secondary N) is 2. The predicted octanol–water partition coefficient (Wildman–Crippen LogP) is 0.436. The van der Waals surface area contributed by atoms with Crippen molar-refractivity contribution in [2.75, 3.05) is 19.8 Å². The Morgan fingerprint density at radius 3 is 2.23 bits per heavy atom. The fourth-order valence-electron chi connectivity index (χ4n) is 2.41. The molecule has 0 bridgehead atoms. The van der Waals surface area contributed by atoms with Gasteiger partial charge in [-0.2, -0.15) is 0 Å². The van der Waals surface area contributed by atoms with Gasteiger partial charge in [-0.05, 0) is 19.8 Å². The van der Waals surface area contributed by atoms with E-state index in [0.717, 1.165) is 17.7 Å². The number of amides is 2. The van der Waals surface area contributed by atoms with Crippen molar-refractivity contribution in [3.05, 3.63) is 49.1 Å². The number of carbonyl (C=O) groups is 3. The van der Waals surface area contributed by atoms with Gasteiger partial charge in [-0.3, -0.25) is 0 Å². The number of allylic oxidation sites excluding steroid dienone is 2. The lowest BCUT2D eigenvalue weighted by Crippen LogP contribution is -2.56. The zero-order valence-corrected chi connectivity index (χ0v) is 17.6. The molecular weight excluding hydrogens is 414 g/mol. The highest BCUT2D eigenvalue weighted by atomic mass is 32.2. The zero-order chi connectivity index (χ0) is 22.8. The molecule has 1 aliphatic rings. The summed E-state index contributed by atoms with van der Waals surface area (Å²) in [5, 5.41) is 9.62. The van der Waals surface area contributed by atoms with E-state index in [1.54, 1.807) is 19.1 Å². The van der Waals surface area contributed by atoms with Crippen LogP contribution >= 0.6 is 0 Å². The van der Waals surface area contributed by atoms with Crippen LogP contribution in [0.5, 0.6) is 0 Å². The first-order chi connectivity index (χ1) is 14.0. The summed E-state index contributed by atoms with van der Waals surface area (Å²) >= 11 is 0. The lowest BCUT2D eigenvalue weighted by molar-refractivity contribution is -0.144. The topological polar surface area (TPSA) is 154 Å². The highest BCUT2D eigenvalue weighted by Crippen LogP contribution is 2.17. The van der Waals surface area contributed by atoms with Gasteiger partial charge in [0.1, 0.15) is 18.8 Å². The Morgan fingerprint density at radius 1 is 1.23 bits per heavy atom. The van der Waals surface area contributed by atoms with E-state index >= 15 is 0 Å². The summed E-state index contributed by atoms with van der Waals surface area (Å²) in [5.74, 6) is -1.38. The van der Waals surface area contributed by atoms with Gasteiger partial charge in [0.15, 0.2) is 0 Å². The fourth-order valence-corrected chi connectivity index (χ4v) is 3.07. The van der Waals surface area contributed by atoms with Crippen LogP contribution in [0.4, 0.5) is 4.79 Å². The molecule has 1 unspecified atom stereocenters. The first-order valence-electron chi connectivity index (χ1n) is 9.02. The van der Waals surface area contributed by atoms with Crippen molar-refractivity contribution in [1.82, 2.24) is 10.6 Å². The minimum Gasteiger partial charge on any atom is -0.460 e. The molecule has 0 saturated heterocycles. The Labute approximate surface area is 175 Å². The number of urea groups is 1. The van der Waals surface area contributed by atoms with Crippen LogP contribution in [-0.4, -0.2) is 56.9 Å². The van der Waals surface area contributed by atoms with Crippen molar-refractivity contribution in [3.63, 3.8) is 0 Å². The number of ether oxygens (including phenoxy) is 2. The molecule has 1 atom stereocenters. The second-order valence-electron chi connectivity index (χ2n) is 6.82. The minimum atomic E-state index is -3.63. The summed E-state index contributed by atoms with van der Waals surface area (Å²) in [5.41, 5.74) is -0.327. The normalized spacial score (nSPS) is 16.1. The van der Waals surface area contributed by atoms with Gasteiger partial charge < -0.3 is 20.1 Å². The number of esters is 2. The smallest absolute Gasteiger partial charge is 0.330 e. The number of rotatable bonds is 11. The average Bonchev–Trinajstić information content (AvgIpc) is 2.70. The van der Waals surface area contributed by atoms with Gasteiger partial charge in [0.2, 0.25) is 10.0 Å². The Hall–Kier alpha value is -2.92. The number of primary sulfonamides is 1. The van der Waals surface area contributed by atoms with E-state index in [4.69, 9.17) is 14.6 Å². The molecule has 166 valence electrons. The lowest BCUT2D eigenvalue weighted by Gasteiger charge is -2.29. The molecule has 0 fully saturated rings. The van der Waals surface area contributed by atoms with E-state index in [0.29, 0.717) is 6.42 Å². The van der Waals surface area contributed by atoms with Gasteiger partial charge in [0.25, 0.3) is 0 Å². The highest BCUT2D eigenvalue weighted by Gasteiger charge is 2.30. The second kappa shape index (κ2) is 11.3. The molecule has 0 radical (unpaired) electrons. The van der Waals surface area contributed by atoms with E-state index in [-0.39, 0.29) is 26.2 Å². The SMILES string of the molecule is C=CC(=O)OCC(C)(COC(=O)C=C)NC(=O)NCCC1=CCC(S(N)(=O)=O)C=C1. The third kappa shape index (κ3) is 9.05. The molecule has 0 aliphatic heterocycles. The largest absolute Gasteiger partial charge is 0.460 e. The molecule has 4 N–H and O–H groups in total. The molecule has 0 heterocycles. The van der Waals surface area contributed by atoms with Crippen molar-refractivity contribution in [2.45, 2.75) is 30.6 Å². The summed E-state index contributed by atoms with van der Waals surface area (Å²) < 4.78 is 32.6. The summed E-state index contributed by atoms with van der Waals surface area (Å²) in [6.07, 6.45) is 7.62. The first kappa shape index (κ1) is 25.1. The van der Waals surface area contributed by atoms with E-state index < -0.39 is 38.8 Å². The molecule has 10 nitrogen and oxygen atoms in total. The molecule has 0 aromatic heterocycles. The van der Waals surface area contributed by atoms with Crippen LogP contribution in [0.2, 0.25) is 0 Å². The van der Waals surface area contributed by atoms with Crippen LogP contribution in [0, 0.1) is 0 Å². The number of hydrogen-bond donors (Lipinski definition) is 3. The van der Waals surface area contributed by atoms with E-state index in [1.165, 1.54) is 6.08 Å². The number of carbonyl (C=O) groups excluding carboxylic acids is 3. The maximum atomic E-state index is 12.2. The fraction of sp³-hybridized carbons (Fsp3) is 0.421. The van der Waals surface area contributed by atoms with Crippen molar-refractivity contribution in [2.24, 2.45) is 5.14 Å². The van der Waals surface area contributed by atoms with E-state index in [2.05, 4.69) is 23.8 Å². The van der Waals surface area contributed by atoms with Gasteiger partial charge in [0.05, 0.1) is 5.25 Å². The van der Waals surface area contributed by atoms with Gasteiger partial charge in [0, 0.05) is 18.7 Å². The minimum absolute atomic E-state index is 0.251. The standard InChI is InChI=1S/C19H27N3O7S/c1-4-16(23)28-12-19(3,13-29-17(24)5-2)22-18(25)21-11-10-14-6-8-15(9-7-14)30(20,26)27/h4-8,15H,1-2,9-13H2,3H3,(H2,20,26,27)(H2,21,22,25). The van der Waals surface area contributed by atoms with Gasteiger partial charge in [-0.15, -0.1) is 0 Å². The van der Waals surface area contributed by atoms with Crippen LogP contribution < -0.4 is 15.8 Å². The maximum absolute atomic E-state index is 12.2. The van der Waals surface area contributed by atoms with Crippen LogP contribution in [-0.2, 0) is 29.1 Å². The van der Waals surface area contributed by atoms with E-state index in [9.17, 15) is 22.8 Å². The molecule has 0 aromatic rings. The average molecular weight is 442 g/mol. The molecule has 11 heteroatoms. The molecular formula is C19H27N3O7S. The quantitative estimate of drug-likeness (QED) is 0.310. The Morgan fingerprint density at radius 2 is 1.80 bits per heavy atom. The molecule has 0 saturated carbocycles. The Kier molecular flexibility index (Phi) is 9.47. The highest BCUT2D eigenvalue weighted by molar-refractivity contribution is 7.89. The predicted molar refractivity (Wildman–Crippen MR) is 111 cm³/mol. The third-order valence-corrected chi connectivity index (χ3v) is 5.27. The second-order valence-corrected chi connectivity index (χ2v) is 8.60. The van der Waals surface area contributed by atoms with Gasteiger partial charge >= 0.3 is 18.0 Å². The summed E-state index contributed by atoms with van der Waals surface area (Å²) in [6, 6.07) is -0.565. The summed E-state index contributed by atoms with van der Waals surface area (Å²) in [6.45, 7) is 7.88. The van der Waals surface area contributed by atoms with Crippen molar-refractivity contribution in [3.8, 4) is 0 Å². The van der Waals surface area contributed by atoms with Crippen molar-refractivity contribution < 1.29 is 32.3 Å². The summed E-state index contributed by atoms with van der Waals surface area (Å²) in [4.78, 5) is 34.9. The van der Waals surface area contributed by atoms with Crippen molar-refractivity contribution in [1.29, 1.82) is 0 Å². The molecule has 0 aromatic carbocycles. The third-order valence-electron chi connectivity index (χ3n) is 4.07. The van der Waals surface area contributed by atoms with Gasteiger partial charge in [-0.1, -0.05) is 37.0 Å². The Balaban J connectivity index is 2.56. The molecule has 1 aliphatic carbocycles. The van der Waals surface area contributed by atoms with Crippen LogP contribution in [0.25, 0.3) is 0 Å². The molecule has 30 heavy (non-hydrogen) atoms. The van der Waals surface area contributed by atoms with Gasteiger partial charge in [-0.25, -0.2) is 27.9 Å². The maximum Gasteiger partial charge on any atom is 0.330 e. The summed E-state index contributed by atoms with van der Waals surface area (Å²) in [7, 11) is -3.63. The number of hydrogen-bond acceptors (Lipinski definition) is 7. The molecule has 1 rings (SSSR count). The first-order valence-corrected chi connectivity index (χ1v) is 10.6. The molecule has 0 spiro atoms. The van der Waals surface area contributed by atoms with Crippen LogP contribution in [0.3, 0.4) is 0 Å². The lowest BCUT2D eigenvalue weighted by atomic mass is 10.0. The zero-order valence-electron chi connectivity index (χ0n) is 16.8. The number of sulfonamides is 1. The monoisotopic (exact) mass is 441 g/mol. The van der Waals surface area contributed by atoms with Crippen molar-refractivity contribution >= 4 is 28.0 Å². The van der Waals surface area contributed by atoms with Crippen LogP contribution in [0.15, 0.2) is 49.1 Å². The van der Waals surface area contributed by atoms with Crippen LogP contribution in [0.1, 0.15) is 19.8 Å². The number of nitrogens with two attached hydrogens (primary N) is 1. The Bertz CT molecular complexity index is 822.